The summed E-state index contributed by atoms with van der Waals surface area (Å²) in [5.41, 5.74) is 1.03. The predicted molar refractivity (Wildman–Crippen MR) is 108 cm³/mol. The molecule has 0 unspecified atom stereocenters. The van der Waals surface area contributed by atoms with Gasteiger partial charge in [0.15, 0.2) is 0 Å². The highest BCUT2D eigenvalue weighted by atomic mass is 35.5. The van der Waals surface area contributed by atoms with E-state index in [0.29, 0.717) is 22.8 Å². The van der Waals surface area contributed by atoms with Crippen LogP contribution in [0.3, 0.4) is 0 Å². The van der Waals surface area contributed by atoms with Crippen LogP contribution >= 0.6 is 11.6 Å². The number of phenolic OH excluding ortho intramolecular Hbond substituents is 1. The van der Waals surface area contributed by atoms with Gasteiger partial charge in [0.05, 0.1) is 17.7 Å². The number of aromatic hydroxyl groups is 1. The van der Waals surface area contributed by atoms with Gasteiger partial charge >= 0.3 is 0 Å². The number of hydrogen-bond donors (Lipinski definition) is 2. The Kier molecular flexibility index (Phi) is 5.30. The second-order valence-corrected chi connectivity index (χ2v) is 7.62. The lowest BCUT2D eigenvalue weighted by atomic mass is 9.95. The molecule has 1 amide bonds. The molecule has 2 heterocycles. The minimum Gasteiger partial charge on any atom is -0.508 e. The first-order valence-electron chi connectivity index (χ1n) is 9.40. The van der Waals surface area contributed by atoms with E-state index in [2.05, 4.69) is 0 Å². The van der Waals surface area contributed by atoms with Gasteiger partial charge < -0.3 is 19.8 Å². The molecule has 0 radical (unpaired) electrons. The van der Waals surface area contributed by atoms with Crippen LogP contribution in [-0.4, -0.2) is 46.1 Å². The van der Waals surface area contributed by atoms with Crippen molar-refractivity contribution in [2.24, 2.45) is 0 Å². The quantitative estimate of drug-likeness (QED) is 0.454. The summed E-state index contributed by atoms with van der Waals surface area (Å²) in [5.74, 6) is -1.60. The van der Waals surface area contributed by atoms with Gasteiger partial charge in [-0.25, -0.2) is 0 Å². The van der Waals surface area contributed by atoms with Gasteiger partial charge in [0.1, 0.15) is 11.5 Å². The highest BCUT2D eigenvalue weighted by molar-refractivity contribution is 6.46. The summed E-state index contributed by atoms with van der Waals surface area (Å²) in [6.45, 7) is 0.886. The van der Waals surface area contributed by atoms with Crippen molar-refractivity contribution in [1.29, 1.82) is 0 Å². The molecule has 0 aromatic heterocycles. The molecule has 0 bridgehead atoms. The summed E-state index contributed by atoms with van der Waals surface area (Å²) in [6.07, 6.45) is 1.56. The molecule has 2 atom stereocenters. The van der Waals surface area contributed by atoms with Gasteiger partial charge in [0.25, 0.3) is 11.7 Å². The molecule has 2 aliphatic rings. The molecule has 2 aromatic rings. The van der Waals surface area contributed by atoms with E-state index in [9.17, 15) is 19.8 Å². The van der Waals surface area contributed by atoms with E-state index in [0.717, 1.165) is 12.8 Å². The fourth-order valence-electron chi connectivity index (χ4n) is 3.84. The van der Waals surface area contributed by atoms with Gasteiger partial charge in [-0.05, 0) is 54.8 Å². The van der Waals surface area contributed by atoms with Gasteiger partial charge in [-0.15, -0.1) is 0 Å². The first-order valence-corrected chi connectivity index (χ1v) is 9.78. The smallest absolute Gasteiger partial charge is 0.295 e. The van der Waals surface area contributed by atoms with Crippen LogP contribution in [0.1, 0.15) is 30.0 Å². The third-order valence-corrected chi connectivity index (χ3v) is 5.54. The summed E-state index contributed by atoms with van der Waals surface area (Å²) < 4.78 is 5.66. The molecule has 150 valence electrons. The van der Waals surface area contributed by atoms with Gasteiger partial charge in [-0.3, -0.25) is 9.59 Å². The highest BCUT2D eigenvalue weighted by Crippen LogP contribution is 2.40. The molecule has 2 fully saturated rings. The number of ketones is 1. The Hall–Kier alpha value is -2.83. The van der Waals surface area contributed by atoms with Crippen molar-refractivity contribution in [3.8, 4) is 5.75 Å². The predicted octanol–water partition coefficient (Wildman–Crippen LogP) is 3.65. The monoisotopic (exact) mass is 413 g/mol. The number of amides is 1. The number of carbonyl (C=O) groups excluding carboxylic acids is 2. The second-order valence-electron chi connectivity index (χ2n) is 7.18. The van der Waals surface area contributed by atoms with Gasteiger partial charge in [0, 0.05) is 23.7 Å². The molecule has 7 heteroatoms. The lowest BCUT2D eigenvalue weighted by molar-refractivity contribution is -0.140. The molecule has 6 nitrogen and oxygen atoms in total. The Morgan fingerprint density at radius 2 is 1.79 bits per heavy atom. The van der Waals surface area contributed by atoms with E-state index in [1.165, 1.54) is 17.0 Å². The zero-order valence-corrected chi connectivity index (χ0v) is 16.3. The number of hydrogen-bond acceptors (Lipinski definition) is 5. The largest absolute Gasteiger partial charge is 0.508 e. The average molecular weight is 414 g/mol. The minimum atomic E-state index is -0.768. The zero-order chi connectivity index (χ0) is 20.5. The molecule has 29 heavy (non-hydrogen) atoms. The maximum atomic E-state index is 12.9. The summed E-state index contributed by atoms with van der Waals surface area (Å²) in [5, 5.41) is 21.1. The number of halogens is 1. The van der Waals surface area contributed by atoms with Crippen molar-refractivity contribution in [1.82, 2.24) is 4.90 Å². The van der Waals surface area contributed by atoms with Crippen molar-refractivity contribution >= 4 is 29.1 Å². The zero-order valence-electron chi connectivity index (χ0n) is 15.5. The molecule has 2 saturated heterocycles. The Morgan fingerprint density at radius 1 is 1.10 bits per heavy atom. The third-order valence-electron chi connectivity index (χ3n) is 5.29. The second kappa shape index (κ2) is 7.89. The Balaban J connectivity index is 1.81. The first-order chi connectivity index (χ1) is 14.0. The molecule has 2 N–H and O–H groups in total. The standard InChI is InChI=1S/C22H20ClNO5/c23-15-7-3-14(4-8-15)20(26)18-19(13-5-9-16(25)10-6-13)24(22(28)21(18)27)12-17-2-1-11-29-17/h3-10,17,19,25-26H,1-2,11-12H2/b20-18+/t17-,19-/m1/s1. The number of nitrogens with zero attached hydrogens (tertiary/aromatic N) is 1. The number of likely N-dealkylation sites (tertiary alicyclic amines) is 1. The van der Waals surface area contributed by atoms with Crippen LogP contribution in [-0.2, 0) is 14.3 Å². The first kappa shape index (κ1) is 19.5. The molecule has 0 spiro atoms. The fourth-order valence-corrected chi connectivity index (χ4v) is 3.97. The maximum Gasteiger partial charge on any atom is 0.295 e. The lowest BCUT2D eigenvalue weighted by Gasteiger charge is -2.27. The van der Waals surface area contributed by atoms with Crippen molar-refractivity contribution in [2.45, 2.75) is 25.0 Å². The maximum absolute atomic E-state index is 12.9. The number of Topliss-reactive ketones (excluding diaryl/α,β-unsaturated/α-hetero) is 1. The number of benzene rings is 2. The van der Waals surface area contributed by atoms with E-state index in [1.54, 1.807) is 36.4 Å². The molecular formula is C22H20ClNO5. The minimum absolute atomic E-state index is 0.0148. The fraction of sp³-hybridized carbons (Fsp3) is 0.273. The Bertz CT molecular complexity index is 962. The lowest BCUT2D eigenvalue weighted by Crippen LogP contribution is -2.36. The van der Waals surface area contributed by atoms with Crippen molar-refractivity contribution in [2.75, 3.05) is 13.2 Å². The van der Waals surface area contributed by atoms with Crippen molar-refractivity contribution < 1.29 is 24.5 Å². The summed E-state index contributed by atoms with van der Waals surface area (Å²) in [4.78, 5) is 27.2. The van der Waals surface area contributed by atoms with Gasteiger partial charge in [-0.2, -0.15) is 0 Å². The summed E-state index contributed by atoms with van der Waals surface area (Å²) in [6, 6.07) is 11.9. The molecule has 0 aliphatic carbocycles. The van der Waals surface area contributed by atoms with E-state index in [-0.39, 0.29) is 29.7 Å². The van der Waals surface area contributed by atoms with Crippen LogP contribution in [0.15, 0.2) is 54.1 Å². The molecule has 2 aliphatic heterocycles. The highest BCUT2D eigenvalue weighted by Gasteiger charge is 2.47. The van der Waals surface area contributed by atoms with Crippen molar-refractivity contribution in [3.05, 3.63) is 70.3 Å². The number of ether oxygens (including phenoxy) is 1. The van der Waals surface area contributed by atoms with Crippen LogP contribution in [0.2, 0.25) is 5.02 Å². The van der Waals surface area contributed by atoms with E-state index in [4.69, 9.17) is 16.3 Å². The molecule has 0 saturated carbocycles. The third kappa shape index (κ3) is 3.73. The topological polar surface area (TPSA) is 87.1 Å². The number of aliphatic hydroxyl groups is 1. The van der Waals surface area contributed by atoms with Gasteiger partial charge in [0.2, 0.25) is 0 Å². The Labute approximate surface area is 173 Å². The van der Waals surface area contributed by atoms with E-state index in [1.807, 2.05) is 0 Å². The Morgan fingerprint density at radius 3 is 2.41 bits per heavy atom. The van der Waals surface area contributed by atoms with Crippen LogP contribution in [0.25, 0.3) is 5.76 Å². The number of phenols is 1. The average Bonchev–Trinajstić information content (AvgIpc) is 3.31. The van der Waals surface area contributed by atoms with Crippen LogP contribution in [0, 0.1) is 0 Å². The van der Waals surface area contributed by atoms with E-state index < -0.39 is 17.7 Å². The molecular weight excluding hydrogens is 394 g/mol. The molecule has 2 aromatic carbocycles. The summed E-state index contributed by atoms with van der Waals surface area (Å²) >= 11 is 5.92. The van der Waals surface area contributed by atoms with Crippen LogP contribution < -0.4 is 0 Å². The van der Waals surface area contributed by atoms with Gasteiger partial charge in [-0.1, -0.05) is 23.7 Å². The number of aliphatic hydroxyl groups excluding tert-OH is 1. The van der Waals surface area contributed by atoms with Crippen molar-refractivity contribution in [3.63, 3.8) is 0 Å². The van der Waals surface area contributed by atoms with E-state index >= 15 is 0 Å². The van der Waals surface area contributed by atoms with Crippen LogP contribution in [0.4, 0.5) is 0 Å². The summed E-state index contributed by atoms with van der Waals surface area (Å²) in [7, 11) is 0. The number of rotatable bonds is 4. The number of carbonyl (C=O) groups is 2. The SMILES string of the molecule is O=C1C(=O)N(C[C@H]2CCCO2)[C@H](c2ccc(O)cc2)/C1=C(\O)c1ccc(Cl)cc1. The molecule has 4 rings (SSSR count). The van der Waals surface area contributed by atoms with Crippen LogP contribution in [0.5, 0.6) is 5.75 Å². The normalized spacial score (nSPS) is 23.7.